The van der Waals surface area contributed by atoms with Crippen molar-refractivity contribution < 1.29 is 4.92 Å². The van der Waals surface area contributed by atoms with Crippen LogP contribution in [-0.4, -0.2) is 4.92 Å². The van der Waals surface area contributed by atoms with Gasteiger partial charge < -0.3 is 11.1 Å². The minimum Gasteiger partial charge on any atom is -0.399 e. The van der Waals surface area contributed by atoms with Crippen molar-refractivity contribution in [2.45, 2.75) is 6.54 Å². The molecule has 0 saturated carbocycles. The third-order valence-corrected chi connectivity index (χ3v) is 2.55. The first-order chi connectivity index (χ1) is 8.65. The highest BCUT2D eigenvalue weighted by atomic mass is 16.6. The van der Waals surface area contributed by atoms with Gasteiger partial charge in [0.15, 0.2) is 0 Å². The average molecular weight is 243 g/mol. The molecule has 0 fully saturated rings. The molecule has 0 unspecified atom stereocenters. The summed E-state index contributed by atoms with van der Waals surface area (Å²) >= 11 is 0. The molecule has 3 N–H and O–H groups in total. The smallest absolute Gasteiger partial charge is 0.269 e. The molecule has 0 aliphatic rings. The first-order valence-electron chi connectivity index (χ1n) is 5.48. The molecule has 0 heterocycles. The van der Waals surface area contributed by atoms with Gasteiger partial charge in [0.2, 0.25) is 0 Å². The molecule has 0 amide bonds. The van der Waals surface area contributed by atoms with Crippen LogP contribution in [-0.2, 0) is 6.54 Å². The van der Waals surface area contributed by atoms with Gasteiger partial charge in [-0.3, -0.25) is 10.1 Å². The van der Waals surface area contributed by atoms with Crippen LogP contribution in [0.4, 0.5) is 17.1 Å². The summed E-state index contributed by atoms with van der Waals surface area (Å²) in [5.41, 5.74) is 8.35. The Morgan fingerprint density at radius 2 is 1.67 bits per heavy atom. The minimum atomic E-state index is -0.406. The predicted molar refractivity (Wildman–Crippen MR) is 71.3 cm³/mol. The highest BCUT2D eigenvalue weighted by molar-refractivity contribution is 5.51. The third kappa shape index (κ3) is 2.98. The molecule has 92 valence electrons. The number of nitro benzene ring substituents is 1. The van der Waals surface area contributed by atoms with Gasteiger partial charge in [-0.2, -0.15) is 0 Å². The van der Waals surface area contributed by atoms with Crippen LogP contribution in [0, 0.1) is 10.1 Å². The van der Waals surface area contributed by atoms with Crippen LogP contribution in [0.2, 0.25) is 0 Å². The Bertz CT molecular complexity index is 535. The zero-order valence-electron chi connectivity index (χ0n) is 9.67. The normalized spacial score (nSPS) is 10.0. The fourth-order valence-corrected chi connectivity index (χ4v) is 1.54. The van der Waals surface area contributed by atoms with E-state index in [2.05, 4.69) is 5.32 Å². The molecule has 0 bridgehead atoms. The number of nitrogen functional groups attached to an aromatic ring is 1. The zero-order valence-corrected chi connectivity index (χ0v) is 9.67. The number of hydrogen-bond donors (Lipinski definition) is 2. The van der Waals surface area contributed by atoms with Crippen LogP contribution in [0.3, 0.4) is 0 Å². The van der Waals surface area contributed by atoms with Crippen LogP contribution in [0.5, 0.6) is 0 Å². The van der Waals surface area contributed by atoms with Crippen molar-refractivity contribution >= 4 is 17.1 Å². The summed E-state index contributed by atoms with van der Waals surface area (Å²) in [6.07, 6.45) is 0. The Morgan fingerprint density at radius 3 is 2.22 bits per heavy atom. The van der Waals surface area contributed by atoms with Crippen molar-refractivity contribution in [2.75, 3.05) is 11.1 Å². The van der Waals surface area contributed by atoms with E-state index in [0.29, 0.717) is 6.54 Å². The van der Waals surface area contributed by atoms with E-state index in [-0.39, 0.29) is 5.69 Å². The second-order valence-corrected chi connectivity index (χ2v) is 3.90. The summed E-state index contributed by atoms with van der Waals surface area (Å²) in [5.74, 6) is 0. The molecule has 2 rings (SSSR count). The molecule has 5 heteroatoms. The molecule has 2 aromatic rings. The molecule has 0 aromatic heterocycles. The second-order valence-electron chi connectivity index (χ2n) is 3.90. The maximum Gasteiger partial charge on any atom is 0.269 e. The van der Waals surface area contributed by atoms with Gasteiger partial charge >= 0.3 is 0 Å². The molecule has 5 nitrogen and oxygen atoms in total. The number of hydrogen-bond acceptors (Lipinski definition) is 4. The van der Waals surface area contributed by atoms with E-state index in [1.54, 1.807) is 12.1 Å². The van der Waals surface area contributed by atoms with E-state index in [9.17, 15) is 10.1 Å². The maximum absolute atomic E-state index is 10.5. The van der Waals surface area contributed by atoms with Gasteiger partial charge in [-0.25, -0.2) is 0 Å². The lowest BCUT2D eigenvalue weighted by atomic mass is 10.2. The molecule has 2 aromatic carbocycles. The van der Waals surface area contributed by atoms with Crippen molar-refractivity contribution in [3.05, 3.63) is 64.2 Å². The van der Waals surface area contributed by atoms with Gasteiger partial charge in [-0.05, 0) is 29.8 Å². The van der Waals surface area contributed by atoms with Crippen molar-refractivity contribution in [3.8, 4) is 0 Å². The number of non-ortho nitro benzene ring substituents is 1. The van der Waals surface area contributed by atoms with E-state index in [1.165, 1.54) is 12.1 Å². The van der Waals surface area contributed by atoms with Gasteiger partial charge in [0.1, 0.15) is 0 Å². The topological polar surface area (TPSA) is 81.2 Å². The van der Waals surface area contributed by atoms with E-state index in [1.807, 2.05) is 24.3 Å². The zero-order chi connectivity index (χ0) is 13.0. The maximum atomic E-state index is 10.5. The van der Waals surface area contributed by atoms with Crippen LogP contribution in [0.1, 0.15) is 5.56 Å². The van der Waals surface area contributed by atoms with Gasteiger partial charge in [0, 0.05) is 30.1 Å². The number of benzene rings is 2. The van der Waals surface area contributed by atoms with Crippen molar-refractivity contribution in [3.63, 3.8) is 0 Å². The van der Waals surface area contributed by atoms with E-state index in [4.69, 9.17) is 5.73 Å². The number of rotatable bonds is 4. The fraction of sp³-hybridized carbons (Fsp3) is 0.0769. The van der Waals surface area contributed by atoms with Crippen LogP contribution in [0.25, 0.3) is 0 Å². The van der Waals surface area contributed by atoms with E-state index in [0.717, 1.165) is 16.9 Å². The average Bonchev–Trinajstić information content (AvgIpc) is 2.38. The van der Waals surface area contributed by atoms with E-state index >= 15 is 0 Å². The molecule has 0 aliphatic carbocycles. The van der Waals surface area contributed by atoms with Gasteiger partial charge in [0.25, 0.3) is 5.69 Å². The first-order valence-corrected chi connectivity index (χ1v) is 5.48. The van der Waals surface area contributed by atoms with Gasteiger partial charge in [-0.1, -0.05) is 12.1 Å². The summed E-state index contributed by atoms with van der Waals surface area (Å²) in [7, 11) is 0. The summed E-state index contributed by atoms with van der Waals surface area (Å²) in [6, 6.07) is 13.9. The molecular formula is C13H13N3O2. The molecule has 0 spiro atoms. The first kappa shape index (κ1) is 11.9. The predicted octanol–water partition coefficient (Wildman–Crippen LogP) is 2.79. The SMILES string of the molecule is Nc1ccc(NCc2ccc([N+](=O)[O-])cc2)cc1. The van der Waals surface area contributed by atoms with Crippen LogP contribution < -0.4 is 11.1 Å². The Labute approximate surface area is 104 Å². The summed E-state index contributed by atoms with van der Waals surface area (Å²) in [4.78, 5) is 10.1. The lowest BCUT2D eigenvalue weighted by Gasteiger charge is -2.06. The van der Waals surface area contributed by atoms with Crippen molar-refractivity contribution in [1.29, 1.82) is 0 Å². The standard InChI is InChI=1S/C13H13N3O2/c14-11-3-5-12(6-4-11)15-9-10-1-7-13(8-2-10)16(17)18/h1-8,15H,9,14H2. The van der Waals surface area contributed by atoms with Crippen LogP contribution >= 0.6 is 0 Å². The molecular weight excluding hydrogens is 230 g/mol. The fourth-order valence-electron chi connectivity index (χ4n) is 1.54. The number of nitrogens with one attached hydrogen (secondary N) is 1. The highest BCUT2D eigenvalue weighted by Crippen LogP contribution is 2.14. The number of nitrogens with two attached hydrogens (primary N) is 1. The molecule has 0 radical (unpaired) electrons. The monoisotopic (exact) mass is 243 g/mol. The van der Waals surface area contributed by atoms with Crippen molar-refractivity contribution in [2.24, 2.45) is 0 Å². The second kappa shape index (κ2) is 5.18. The van der Waals surface area contributed by atoms with E-state index < -0.39 is 4.92 Å². The summed E-state index contributed by atoms with van der Waals surface area (Å²) in [5, 5.41) is 13.7. The lowest BCUT2D eigenvalue weighted by molar-refractivity contribution is -0.384. The Balaban J connectivity index is 1.97. The highest BCUT2D eigenvalue weighted by Gasteiger charge is 2.03. The minimum absolute atomic E-state index is 0.103. The molecule has 0 saturated heterocycles. The Morgan fingerprint density at radius 1 is 1.06 bits per heavy atom. The Hall–Kier alpha value is -2.56. The summed E-state index contributed by atoms with van der Waals surface area (Å²) in [6.45, 7) is 0.613. The number of nitro groups is 1. The molecule has 0 atom stereocenters. The molecule has 18 heavy (non-hydrogen) atoms. The third-order valence-electron chi connectivity index (χ3n) is 2.55. The molecule has 0 aliphatic heterocycles. The van der Waals surface area contributed by atoms with Crippen LogP contribution in [0.15, 0.2) is 48.5 Å². The number of anilines is 2. The van der Waals surface area contributed by atoms with Gasteiger partial charge in [-0.15, -0.1) is 0 Å². The lowest BCUT2D eigenvalue weighted by Crippen LogP contribution is -1.99. The number of nitrogens with zero attached hydrogens (tertiary/aromatic N) is 1. The quantitative estimate of drug-likeness (QED) is 0.491. The van der Waals surface area contributed by atoms with Gasteiger partial charge in [0.05, 0.1) is 4.92 Å². The van der Waals surface area contributed by atoms with Crippen molar-refractivity contribution in [1.82, 2.24) is 0 Å². The Kier molecular flexibility index (Phi) is 3.43. The largest absolute Gasteiger partial charge is 0.399 e. The summed E-state index contributed by atoms with van der Waals surface area (Å²) < 4.78 is 0.